The monoisotopic (exact) mass is 615 g/mol. The lowest BCUT2D eigenvalue weighted by atomic mass is 9.89. The number of ether oxygens (including phenoxy) is 1. The number of hydrogen-bond acceptors (Lipinski definition) is 8. The molecule has 0 bridgehead atoms. The minimum atomic E-state index is -4.47. The van der Waals surface area contributed by atoms with E-state index in [-0.39, 0.29) is 22.4 Å². The van der Waals surface area contributed by atoms with Crippen molar-refractivity contribution in [1.29, 1.82) is 0 Å². The van der Waals surface area contributed by atoms with E-state index in [1.165, 1.54) is 41.6 Å². The van der Waals surface area contributed by atoms with Crippen LogP contribution in [0.25, 0.3) is 10.8 Å². The molecule has 0 aliphatic rings. The van der Waals surface area contributed by atoms with E-state index in [2.05, 4.69) is 10.1 Å². The van der Waals surface area contributed by atoms with E-state index in [1.807, 2.05) is 0 Å². The van der Waals surface area contributed by atoms with Crippen molar-refractivity contribution in [2.75, 3.05) is 5.88 Å². The van der Waals surface area contributed by atoms with Crippen molar-refractivity contribution < 1.29 is 35.5 Å². The molecule has 11 nitrogen and oxygen atoms in total. The molecule has 1 heterocycles. The SMILES string of the molecule is CC(C)(CCl)C(=O)C(Oc1ccc(Cl)cc1)n1cncn1.O=S(=O)(O)c1cccc2c(S(=O)(=O)O)cccc12. The Bertz CT molecular complexity index is 1610. The average molecular weight is 617 g/mol. The summed E-state index contributed by atoms with van der Waals surface area (Å²) in [7, 11) is -8.94. The fourth-order valence-electron chi connectivity index (χ4n) is 3.31. The van der Waals surface area contributed by atoms with E-state index in [0.717, 1.165) is 12.1 Å². The third-order valence-corrected chi connectivity index (χ3v) is 8.11. The van der Waals surface area contributed by atoms with Crippen molar-refractivity contribution in [3.05, 3.63) is 78.3 Å². The second-order valence-electron chi connectivity index (χ2n) is 8.74. The van der Waals surface area contributed by atoms with Crippen molar-refractivity contribution >= 4 is 60.0 Å². The molecule has 0 spiro atoms. The van der Waals surface area contributed by atoms with Gasteiger partial charge in [0, 0.05) is 27.1 Å². The number of halogens is 2. The predicted molar refractivity (Wildman–Crippen MR) is 144 cm³/mol. The van der Waals surface area contributed by atoms with Gasteiger partial charge < -0.3 is 4.74 Å². The highest BCUT2D eigenvalue weighted by Gasteiger charge is 2.36. The summed E-state index contributed by atoms with van der Waals surface area (Å²) in [6.07, 6.45) is 1.85. The molecular weight excluding hydrogens is 593 g/mol. The molecule has 0 saturated carbocycles. The average Bonchev–Trinajstić information content (AvgIpc) is 3.41. The van der Waals surface area contributed by atoms with Crippen LogP contribution in [-0.2, 0) is 25.0 Å². The van der Waals surface area contributed by atoms with Crippen molar-refractivity contribution in [3.8, 4) is 5.75 Å². The van der Waals surface area contributed by atoms with Crippen LogP contribution < -0.4 is 4.74 Å². The molecule has 0 amide bonds. The second kappa shape index (κ2) is 12.0. The standard InChI is InChI=1S/C14H15Cl2N3O2.C10H8O6S2/c1-14(2,7-15)12(20)13(19-9-17-8-18-19)21-11-5-3-10(16)4-6-11;11-17(12,13)9-5-1-3-7-8(9)4-2-6-10(7)18(14,15)16/h3-6,8-9,13H,7H2,1-2H3;1-6H,(H,11,12,13)(H,14,15,16). The number of ketones is 1. The number of Topliss-reactive ketones (excluding diaryl/α,β-unsaturated/α-hetero) is 1. The summed E-state index contributed by atoms with van der Waals surface area (Å²) < 4.78 is 69.8. The van der Waals surface area contributed by atoms with Crippen LogP contribution in [0.5, 0.6) is 5.75 Å². The molecule has 0 aliphatic heterocycles. The van der Waals surface area contributed by atoms with E-state index in [0.29, 0.717) is 10.8 Å². The zero-order valence-electron chi connectivity index (χ0n) is 20.5. The maximum atomic E-state index is 12.6. The summed E-state index contributed by atoms with van der Waals surface area (Å²) in [6, 6.07) is 14.3. The summed E-state index contributed by atoms with van der Waals surface area (Å²) in [5.41, 5.74) is -0.745. The Labute approximate surface area is 234 Å². The maximum Gasteiger partial charge on any atom is 0.295 e. The van der Waals surface area contributed by atoms with Crippen LogP contribution >= 0.6 is 23.2 Å². The van der Waals surface area contributed by atoms with Crippen LogP contribution in [0, 0.1) is 5.41 Å². The highest BCUT2D eigenvalue weighted by molar-refractivity contribution is 7.86. The van der Waals surface area contributed by atoms with Gasteiger partial charge in [0.1, 0.15) is 28.2 Å². The van der Waals surface area contributed by atoms with Gasteiger partial charge >= 0.3 is 0 Å². The lowest BCUT2D eigenvalue weighted by molar-refractivity contribution is -0.138. The number of carbonyl (C=O) groups is 1. The molecule has 4 rings (SSSR count). The number of fused-ring (bicyclic) bond motifs is 1. The normalized spacial score (nSPS) is 12.9. The van der Waals surface area contributed by atoms with Crippen LogP contribution in [0.3, 0.4) is 0 Å². The molecule has 1 aromatic heterocycles. The van der Waals surface area contributed by atoms with Gasteiger partial charge in [0.2, 0.25) is 5.78 Å². The van der Waals surface area contributed by atoms with E-state index in [9.17, 15) is 21.6 Å². The Balaban J connectivity index is 0.000000218. The first-order valence-electron chi connectivity index (χ1n) is 11.0. The van der Waals surface area contributed by atoms with Gasteiger partial charge in [0.15, 0.2) is 0 Å². The Kier molecular flexibility index (Phi) is 9.36. The quantitative estimate of drug-likeness (QED) is 0.210. The van der Waals surface area contributed by atoms with Gasteiger partial charge in [-0.05, 0) is 36.4 Å². The summed E-state index contributed by atoms with van der Waals surface area (Å²) in [5.74, 6) is 0.512. The minimum absolute atomic E-state index is 0.0233. The zero-order chi connectivity index (χ0) is 29.0. The summed E-state index contributed by atoms with van der Waals surface area (Å²) in [6.45, 7) is 3.52. The smallest absolute Gasteiger partial charge is 0.295 e. The molecule has 0 aliphatic carbocycles. The summed E-state index contributed by atoms with van der Waals surface area (Å²) in [5, 5.41) is 4.63. The highest BCUT2D eigenvalue weighted by Crippen LogP contribution is 2.29. The van der Waals surface area contributed by atoms with Crippen molar-refractivity contribution in [3.63, 3.8) is 0 Å². The fraction of sp³-hybridized carbons (Fsp3) is 0.208. The largest absolute Gasteiger partial charge is 0.461 e. The first-order valence-corrected chi connectivity index (χ1v) is 14.8. The molecule has 208 valence electrons. The summed E-state index contributed by atoms with van der Waals surface area (Å²) >= 11 is 11.7. The van der Waals surface area contributed by atoms with Gasteiger partial charge in [0.05, 0.1) is 0 Å². The molecule has 0 radical (unpaired) electrons. The number of benzene rings is 3. The lowest BCUT2D eigenvalue weighted by Crippen LogP contribution is -2.37. The number of nitrogens with zero attached hydrogens (tertiary/aromatic N) is 3. The van der Waals surface area contributed by atoms with Crippen LogP contribution in [0.2, 0.25) is 5.02 Å². The molecular formula is C24H23Cl2N3O8S2. The minimum Gasteiger partial charge on any atom is -0.461 e. The van der Waals surface area contributed by atoms with Crippen LogP contribution in [0.15, 0.2) is 83.1 Å². The molecule has 1 unspecified atom stereocenters. The fourth-order valence-corrected chi connectivity index (χ4v) is 4.98. The van der Waals surface area contributed by atoms with Gasteiger partial charge in [-0.1, -0.05) is 49.7 Å². The molecule has 0 saturated heterocycles. The number of rotatable bonds is 8. The molecule has 3 aromatic carbocycles. The summed E-state index contributed by atoms with van der Waals surface area (Å²) in [4.78, 5) is 15.7. The third-order valence-electron chi connectivity index (χ3n) is 5.36. The van der Waals surface area contributed by atoms with Crippen molar-refractivity contribution in [1.82, 2.24) is 14.8 Å². The van der Waals surface area contributed by atoms with Crippen LogP contribution in [0.4, 0.5) is 0 Å². The van der Waals surface area contributed by atoms with Gasteiger partial charge in [-0.25, -0.2) is 9.67 Å². The molecule has 2 N–H and O–H groups in total. The van der Waals surface area contributed by atoms with Crippen molar-refractivity contribution in [2.45, 2.75) is 29.9 Å². The zero-order valence-corrected chi connectivity index (χ0v) is 23.6. The number of aromatic nitrogens is 3. The maximum absolute atomic E-state index is 12.6. The third kappa shape index (κ3) is 7.53. The topological polar surface area (TPSA) is 166 Å². The number of hydrogen-bond donors (Lipinski definition) is 2. The van der Waals surface area contributed by atoms with E-state index in [1.54, 1.807) is 38.1 Å². The number of alkyl halides is 1. The molecule has 4 aromatic rings. The van der Waals surface area contributed by atoms with E-state index >= 15 is 0 Å². The van der Waals surface area contributed by atoms with Gasteiger partial charge in [-0.15, -0.1) is 11.6 Å². The molecule has 0 fully saturated rings. The molecule has 39 heavy (non-hydrogen) atoms. The van der Waals surface area contributed by atoms with E-state index < -0.39 is 41.7 Å². The highest BCUT2D eigenvalue weighted by atomic mass is 35.5. The van der Waals surface area contributed by atoms with Gasteiger partial charge in [-0.2, -0.15) is 21.9 Å². The van der Waals surface area contributed by atoms with Crippen LogP contribution in [-0.4, -0.2) is 52.4 Å². The Morgan fingerprint density at radius 2 is 1.46 bits per heavy atom. The Hall–Kier alpha value is -3.07. The van der Waals surface area contributed by atoms with E-state index in [4.69, 9.17) is 37.0 Å². The van der Waals surface area contributed by atoms with Crippen molar-refractivity contribution in [2.24, 2.45) is 5.41 Å². The second-order valence-corrected chi connectivity index (χ2v) is 12.2. The Morgan fingerprint density at radius 1 is 0.949 bits per heavy atom. The Morgan fingerprint density at radius 3 is 1.87 bits per heavy atom. The first-order chi connectivity index (χ1) is 18.1. The van der Waals surface area contributed by atoms with Gasteiger partial charge in [0.25, 0.3) is 26.5 Å². The van der Waals surface area contributed by atoms with Crippen LogP contribution in [0.1, 0.15) is 20.1 Å². The first kappa shape index (κ1) is 30.5. The molecule has 1 atom stereocenters. The van der Waals surface area contributed by atoms with Gasteiger partial charge in [-0.3, -0.25) is 13.9 Å². The lowest BCUT2D eigenvalue weighted by Gasteiger charge is -2.26. The number of carbonyl (C=O) groups excluding carboxylic acids is 1. The molecule has 15 heteroatoms. The predicted octanol–water partition coefficient (Wildman–Crippen LogP) is 4.68.